The normalized spacial score (nSPS) is 10.8. The molecule has 0 unspecified atom stereocenters. The molecule has 1 heterocycles. The molecule has 3 rings (SSSR count). The largest absolute Gasteiger partial charge is 0.508 e. The number of phenolic OH excluding ortho intramolecular Hbond substituents is 3. The zero-order valence-electron chi connectivity index (χ0n) is 12.2. The molecule has 118 valence electrons. The molecule has 0 aliphatic heterocycles. The van der Waals surface area contributed by atoms with Crippen molar-refractivity contribution in [2.24, 2.45) is 0 Å². The first kappa shape index (κ1) is 14.9. The summed E-state index contributed by atoms with van der Waals surface area (Å²) < 4.78 is 1.59. The summed E-state index contributed by atoms with van der Waals surface area (Å²) in [6.45, 7) is 0.266. The van der Waals surface area contributed by atoms with Gasteiger partial charge in [-0.3, -0.25) is 4.68 Å². The average molecular weight is 312 g/mol. The lowest BCUT2D eigenvalue weighted by Gasteiger charge is -2.06. The number of nitrogens with zero attached hydrogens (tertiary/aromatic N) is 2. The first-order chi connectivity index (χ1) is 11.1. The highest BCUT2D eigenvalue weighted by atomic mass is 16.3. The van der Waals surface area contributed by atoms with Crippen molar-refractivity contribution in [1.82, 2.24) is 9.78 Å². The number of phenols is 3. The molecule has 6 nitrogen and oxygen atoms in total. The molecule has 6 heteroatoms. The Balaban J connectivity index is 2.16. The van der Waals surface area contributed by atoms with Crippen molar-refractivity contribution in [3.05, 3.63) is 48.7 Å². The van der Waals surface area contributed by atoms with Gasteiger partial charge in [-0.1, -0.05) is 12.1 Å². The summed E-state index contributed by atoms with van der Waals surface area (Å²) in [6, 6.07) is 10.9. The lowest BCUT2D eigenvalue weighted by molar-refractivity contribution is 0.269. The summed E-state index contributed by atoms with van der Waals surface area (Å²) in [4.78, 5) is 0. The molecule has 23 heavy (non-hydrogen) atoms. The van der Waals surface area contributed by atoms with Gasteiger partial charge in [0, 0.05) is 23.4 Å². The van der Waals surface area contributed by atoms with Gasteiger partial charge in [0.15, 0.2) is 0 Å². The van der Waals surface area contributed by atoms with Crippen LogP contribution in [0, 0.1) is 0 Å². The van der Waals surface area contributed by atoms with Gasteiger partial charge >= 0.3 is 0 Å². The Bertz CT molecular complexity index is 825. The number of hydrogen-bond donors (Lipinski definition) is 4. The number of aliphatic hydroxyl groups excluding tert-OH is 1. The van der Waals surface area contributed by atoms with E-state index in [0.717, 1.165) is 11.1 Å². The molecule has 0 amide bonds. The van der Waals surface area contributed by atoms with E-state index in [4.69, 9.17) is 5.11 Å². The lowest BCUT2D eigenvalue weighted by atomic mass is 10.0. The van der Waals surface area contributed by atoms with Crippen LogP contribution in [0.1, 0.15) is 0 Å². The maximum Gasteiger partial charge on any atom is 0.128 e. The topological polar surface area (TPSA) is 98.7 Å². The molecular formula is C17H16N2O4. The van der Waals surface area contributed by atoms with E-state index in [1.807, 2.05) is 0 Å². The Labute approximate surface area is 132 Å². The molecular weight excluding hydrogens is 296 g/mol. The standard InChI is InChI=1S/C17H16N2O4/c20-8-7-19-10-15(11-1-3-12(21)4-2-11)17(18-19)14-6-5-13(22)9-16(14)23/h1-6,9-10,20-23H,7-8H2. The summed E-state index contributed by atoms with van der Waals surface area (Å²) in [5.41, 5.74) is 2.57. The minimum Gasteiger partial charge on any atom is -0.508 e. The first-order valence-corrected chi connectivity index (χ1v) is 7.08. The quantitative estimate of drug-likeness (QED) is 0.592. The van der Waals surface area contributed by atoms with Crippen LogP contribution >= 0.6 is 0 Å². The molecule has 0 fully saturated rings. The third-order valence-electron chi connectivity index (χ3n) is 3.51. The van der Waals surface area contributed by atoms with Gasteiger partial charge in [0.25, 0.3) is 0 Å². The number of hydrogen-bond acceptors (Lipinski definition) is 5. The van der Waals surface area contributed by atoms with Crippen LogP contribution in [0.5, 0.6) is 17.2 Å². The molecule has 0 saturated carbocycles. The molecule has 2 aromatic carbocycles. The van der Waals surface area contributed by atoms with Crippen molar-refractivity contribution in [3.8, 4) is 39.6 Å². The van der Waals surface area contributed by atoms with Gasteiger partial charge in [0.05, 0.1) is 13.2 Å². The van der Waals surface area contributed by atoms with Crippen LogP contribution in [0.4, 0.5) is 0 Å². The van der Waals surface area contributed by atoms with Gasteiger partial charge in [-0.25, -0.2) is 0 Å². The minimum atomic E-state index is -0.0840. The Kier molecular flexibility index (Phi) is 3.91. The summed E-state index contributed by atoms with van der Waals surface area (Å²) in [5.74, 6) is 0.0389. The van der Waals surface area contributed by atoms with Crippen LogP contribution in [-0.4, -0.2) is 36.8 Å². The monoisotopic (exact) mass is 312 g/mol. The highest BCUT2D eigenvalue weighted by Gasteiger charge is 2.16. The third kappa shape index (κ3) is 2.97. The predicted molar refractivity (Wildman–Crippen MR) is 85.2 cm³/mol. The van der Waals surface area contributed by atoms with Gasteiger partial charge in [-0.05, 0) is 29.8 Å². The second-order valence-corrected chi connectivity index (χ2v) is 5.13. The molecule has 0 aliphatic rings. The maximum absolute atomic E-state index is 10.1. The van der Waals surface area contributed by atoms with Crippen molar-refractivity contribution in [2.75, 3.05) is 6.61 Å². The second kappa shape index (κ2) is 6.02. The molecule has 0 aliphatic carbocycles. The van der Waals surface area contributed by atoms with Gasteiger partial charge in [-0.2, -0.15) is 5.10 Å². The molecule has 0 bridgehead atoms. The van der Waals surface area contributed by atoms with Gasteiger partial charge < -0.3 is 20.4 Å². The second-order valence-electron chi connectivity index (χ2n) is 5.13. The predicted octanol–water partition coefficient (Wildman–Crippen LogP) is 2.33. The maximum atomic E-state index is 10.1. The fourth-order valence-electron chi connectivity index (χ4n) is 2.41. The highest BCUT2D eigenvalue weighted by Crippen LogP contribution is 2.37. The van der Waals surface area contributed by atoms with Crippen molar-refractivity contribution in [2.45, 2.75) is 6.54 Å². The third-order valence-corrected chi connectivity index (χ3v) is 3.51. The van der Waals surface area contributed by atoms with Crippen LogP contribution < -0.4 is 0 Å². The number of aliphatic hydroxyl groups is 1. The molecule has 0 saturated heterocycles. The average Bonchev–Trinajstić information content (AvgIpc) is 2.92. The number of aromatic nitrogens is 2. The summed E-state index contributed by atoms with van der Waals surface area (Å²) in [5, 5.41) is 42.5. The zero-order chi connectivity index (χ0) is 16.4. The lowest BCUT2D eigenvalue weighted by Crippen LogP contribution is -2.02. The van der Waals surface area contributed by atoms with Crippen molar-refractivity contribution < 1.29 is 20.4 Å². The van der Waals surface area contributed by atoms with Crippen LogP contribution in [0.2, 0.25) is 0 Å². The van der Waals surface area contributed by atoms with Crippen LogP contribution in [0.25, 0.3) is 22.4 Å². The number of benzene rings is 2. The fraction of sp³-hybridized carbons (Fsp3) is 0.118. The smallest absolute Gasteiger partial charge is 0.128 e. The van der Waals surface area contributed by atoms with E-state index < -0.39 is 0 Å². The van der Waals surface area contributed by atoms with Crippen molar-refractivity contribution in [3.63, 3.8) is 0 Å². The molecule has 0 spiro atoms. The Morgan fingerprint density at radius 3 is 2.22 bits per heavy atom. The van der Waals surface area contributed by atoms with Crippen LogP contribution in [0.3, 0.4) is 0 Å². The van der Waals surface area contributed by atoms with E-state index in [2.05, 4.69) is 5.10 Å². The van der Waals surface area contributed by atoms with E-state index in [1.54, 1.807) is 41.2 Å². The molecule has 0 atom stereocenters. The SMILES string of the molecule is OCCn1cc(-c2ccc(O)cc2)c(-c2ccc(O)cc2O)n1. The number of aromatic hydroxyl groups is 3. The summed E-state index contributed by atoms with van der Waals surface area (Å²) in [6.07, 6.45) is 1.77. The van der Waals surface area contributed by atoms with Gasteiger partial charge in [-0.15, -0.1) is 0 Å². The van der Waals surface area contributed by atoms with Crippen molar-refractivity contribution in [1.29, 1.82) is 0 Å². The van der Waals surface area contributed by atoms with E-state index >= 15 is 0 Å². The van der Waals surface area contributed by atoms with E-state index in [-0.39, 0.29) is 23.9 Å². The van der Waals surface area contributed by atoms with Crippen molar-refractivity contribution >= 4 is 0 Å². The molecule has 4 N–H and O–H groups in total. The summed E-state index contributed by atoms with van der Waals surface area (Å²) in [7, 11) is 0. The zero-order valence-corrected chi connectivity index (χ0v) is 12.2. The molecule has 3 aromatic rings. The van der Waals surface area contributed by atoms with Crippen LogP contribution in [-0.2, 0) is 6.54 Å². The van der Waals surface area contributed by atoms with Gasteiger partial charge in [0.1, 0.15) is 22.9 Å². The van der Waals surface area contributed by atoms with Gasteiger partial charge in [0.2, 0.25) is 0 Å². The number of rotatable bonds is 4. The van der Waals surface area contributed by atoms with E-state index in [9.17, 15) is 15.3 Å². The summed E-state index contributed by atoms with van der Waals surface area (Å²) >= 11 is 0. The minimum absolute atomic E-state index is 0.0350. The Morgan fingerprint density at radius 2 is 1.57 bits per heavy atom. The molecule has 1 aromatic heterocycles. The van der Waals surface area contributed by atoms with Crippen LogP contribution in [0.15, 0.2) is 48.7 Å². The Morgan fingerprint density at radius 1 is 0.870 bits per heavy atom. The molecule has 0 radical (unpaired) electrons. The van der Waals surface area contributed by atoms with E-state index in [1.165, 1.54) is 12.1 Å². The first-order valence-electron chi connectivity index (χ1n) is 7.08. The van der Waals surface area contributed by atoms with E-state index in [0.29, 0.717) is 17.8 Å². The highest BCUT2D eigenvalue weighted by molar-refractivity contribution is 5.83. The fourth-order valence-corrected chi connectivity index (χ4v) is 2.41. The Hall–Kier alpha value is -2.99.